The maximum absolute atomic E-state index is 12.4. The zero-order chi connectivity index (χ0) is 19.3. The molecule has 1 aliphatic heterocycles. The first-order valence-electron chi connectivity index (χ1n) is 9.44. The lowest BCUT2D eigenvalue weighted by atomic mass is 9.81. The number of rotatable bonds is 6. The highest BCUT2D eigenvalue weighted by molar-refractivity contribution is 5.85. The number of carbonyl (C=O) groups is 1. The number of piperidine rings is 1. The van der Waals surface area contributed by atoms with Gasteiger partial charge in [-0.1, -0.05) is 6.92 Å². The van der Waals surface area contributed by atoms with E-state index in [2.05, 4.69) is 32.5 Å². The van der Waals surface area contributed by atoms with Crippen molar-refractivity contribution >= 4 is 30.7 Å². The van der Waals surface area contributed by atoms with Crippen molar-refractivity contribution in [1.29, 1.82) is 0 Å². The largest absolute Gasteiger partial charge is 0.356 e. The Kier molecular flexibility index (Phi) is 9.76. The number of aromatic amines is 1. The molecule has 0 aliphatic carbocycles. The summed E-state index contributed by atoms with van der Waals surface area (Å²) in [6, 6.07) is 3.64. The minimum Gasteiger partial charge on any atom is -0.356 e. The standard InChI is InChI=1S/C20H27N5O2.2ClH/c1-14-16(19(27)25-18(24-14)15-4-3-9-22-12-15)5-6-17(26)23-13-20(2)7-10-21-11-8-20;;/h3-4,9,12,21H,5-8,10-11,13H2,1-2H3,(H,23,26)(H,24,25,27);2*1H. The van der Waals surface area contributed by atoms with Gasteiger partial charge in [-0.2, -0.15) is 0 Å². The van der Waals surface area contributed by atoms with Crippen LogP contribution >= 0.6 is 24.8 Å². The first kappa shape index (κ1) is 25.1. The van der Waals surface area contributed by atoms with Crippen LogP contribution in [-0.4, -0.2) is 40.5 Å². The molecule has 2 aromatic heterocycles. The van der Waals surface area contributed by atoms with Gasteiger partial charge in [-0.25, -0.2) is 4.98 Å². The van der Waals surface area contributed by atoms with Crippen molar-refractivity contribution in [3.8, 4) is 11.4 Å². The number of carbonyl (C=O) groups excluding carboxylic acids is 1. The Labute approximate surface area is 183 Å². The average Bonchev–Trinajstić information content (AvgIpc) is 2.67. The highest BCUT2D eigenvalue weighted by atomic mass is 35.5. The third kappa shape index (κ3) is 6.80. The van der Waals surface area contributed by atoms with Crippen molar-refractivity contribution in [3.63, 3.8) is 0 Å². The zero-order valence-corrected chi connectivity index (χ0v) is 18.4. The van der Waals surface area contributed by atoms with Crippen molar-refractivity contribution in [1.82, 2.24) is 25.6 Å². The molecule has 9 heteroatoms. The molecule has 0 spiro atoms. The molecule has 0 atom stereocenters. The summed E-state index contributed by atoms with van der Waals surface area (Å²) >= 11 is 0. The summed E-state index contributed by atoms with van der Waals surface area (Å²) in [7, 11) is 0. The Morgan fingerprint density at radius 3 is 2.62 bits per heavy atom. The Bertz CT molecular complexity index is 852. The molecule has 2 aromatic rings. The third-order valence-corrected chi connectivity index (χ3v) is 5.28. The van der Waals surface area contributed by atoms with Crippen LogP contribution in [0.25, 0.3) is 11.4 Å². The van der Waals surface area contributed by atoms with Crippen LogP contribution in [0.3, 0.4) is 0 Å². The van der Waals surface area contributed by atoms with Gasteiger partial charge in [0.15, 0.2) is 0 Å². The molecule has 0 unspecified atom stereocenters. The molecule has 160 valence electrons. The van der Waals surface area contributed by atoms with E-state index in [1.54, 1.807) is 25.4 Å². The van der Waals surface area contributed by atoms with Crippen molar-refractivity contribution < 1.29 is 4.79 Å². The molecule has 1 amide bonds. The van der Waals surface area contributed by atoms with Crippen LogP contribution in [0.2, 0.25) is 0 Å². The maximum Gasteiger partial charge on any atom is 0.254 e. The average molecular weight is 442 g/mol. The number of amides is 1. The Balaban J connectivity index is 0.00000210. The van der Waals surface area contributed by atoms with E-state index in [1.165, 1.54) is 0 Å². The van der Waals surface area contributed by atoms with Crippen LogP contribution in [-0.2, 0) is 11.2 Å². The normalized spacial score (nSPS) is 15.0. The molecule has 0 radical (unpaired) electrons. The van der Waals surface area contributed by atoms with E-state index in [1.807, 2.05) is 6.07 Å². The second-order valence-corrected chi connectivity index (χ2v) is 7.56. The van der Waals surface area contributed by atoms with E-state index >= 15 is 0 Å². The van der Waals surface area contributed by atoms with Gasteiger partial charge in [-0.05, 0) is 56.8 Å². The van der Waals surface area contributed by atoms with E-state index in [0.717, 1.165) is 31.5 Å². The molecular weight excluding hydrogens is 413 g/mol. The van der Waals surface area contributed by atoms with Gasteiger partial charge in [0, 0.05) is 42.2 Å². The van der Waals surface area contributed by atoms with E-state index in [-0.39, 0.29) is 48.1 Å². The fraction of sp³-hybridized carbons (Fsp3) is 0.500. The van der Waals surface area contributed by atoms with Crippen LogP contribution < -0.4 is 16.2 Å². The topological polar surface area (TPSA) is 99.8 Å². The molecule has 0 aromatic carbocycles. The smallest absolute Gasteiger partial charge is 0.254 e. The van der Waals surface area contributed by atoms with Crippen LogP contribution in [0.5, 0.6) is 0 Å². The summed E-state index contributed by atoms with van der Waals surface area (Å²) in [5.41, 5.74) is 1.93. The Hall–Kier alpha value is -1.96. The molecule has 1 fully saturated rings. The number of hydrogen-bond acceptors (Lipinski definition) is 5. The molecule has 3 rings (SSSR count). The number of aryl methyl sites for hydroxylation is 1. The lowest BCUT2D eigenvalue weighted by Crippen LogP contribution is -2.43. The second-order valence-electron chi connectivity index (χ2n) is 7.56. The number of pyridine rings is 1. The molecule has 3 heterocycles. The van der Waals surface area contributed by atoms with Crippen molar-refractivity contribution in [3.05, 3.63) is 46.1 Å². The van der Waals surface area contributed by atoms with Crippen LogP contribution in [0.15, 0.2) is 29.3 Å². The molecular formula is C20H29Cl2N5O2. The van der Waals surface area contributed by atoms with Gasteiger partial charge in [0.2, 0.25) is 5.91 Å². The zero-order valence-electron chi connectivity index (χ0n) is 16.8. The highest BCUT2D eigenvalue weighted by Gasteiger charge is 2.27. The Morgan fingerprint density at radius 2 is 2.00 bits per heavy atom. The van der Waals surface area contributed by atoms with Crippen molar-refractivity contribution in [2.24, 2.45) is 5.41 Å². The van der Waals surface area contributed by atoms with Crippen molar-refractivity contribution in [2.75, 3.05) is 19.6 Å². The monoisotopic (exact) mass is 441 g/mol. The van der Waals surface area contributed by atoms with E-state index < -0.39 is 0 Å². The summed E-state index contributed by atoms with van der Waals surface area (Å²) in [6.07, 6.45) is 6.12. The van der Waals surface area contributed by atoms with Crippen LogP contribution in [0.1, 0.15) is 37.4 Å². The number of aromatic nitrogens is 3. The van der Waals surface area contributed by atoms with Gasteiger partial charge in [0.1, 0.15) is 5.82 Å². The summed E-state index contributed by atoms with van der Waals surface area (Å²) in [5, 5.41) is 6.37. The minimum atomic E-state index is -0.195. The first-order valence-corrected chi connectivity index (χ1v) is 9.44. The quantitative estimate of drug-likeness (QED) is 0.638. The molecule has 0 bridgehead atoms. The minimum absolute atomic E-state index is 0. The number of halogens is 2. The molecule has 1 saturated heterocycles. The van der Waals surface area contributed by atoms with Gasteiger partial charge in [0.25, 0.3) is 5.56 Å². The SMILES string of the molecule is Cc1nc(-c2cccnc2)[nH]c(=O)c1CCC(=O)NCC1(C)CCNCC1.Cl.Cl. The van der Waals surface area contributed by atoms with Gasteiger partial charge in [-0.15, -0.1) is 24.8 Å². The van der Waals surface area contributed by atoms with Crippen molar-refractivity contribution in [2.45, 2.75) is 39.5 Å². The summed E-state index contributed by atoms with van der Waals surface area (Å²) in [6.45, 7) is 6.69. The van der Waals surface area contributed by atoms with Gasteiger partial charge in [-0.3, -0.25) is 14.6 Å². The van der Waals surface area contributed by atoms with Crippen LogP contribution in [0.4, 0.5) is 0 Å². The summed E-state index contributed by atoms with van der Waals surface area (Å²) in [4.78, 5) is 36.0. The lowest BCUT2D eigenvalue weighted by Gasteiger charge is -2.34. The first-order chi connectivity index (χ1) is 13.0. The number of H-pyrrole nitrogens is 1. The van der Waals surface area contributed by atoms with Gasteiger partial charge >= 0.3 is 0 Å². The number of nitrogens with zero attached hydrogens (tertiary/aromatic N) is 2. The molecule has 29 heavy (non-hydrogen) atoms. The summed E-state index contributed by atoms with van der Waals surface area (Å²) < 4.78 is 0. The molecule has 3 N–H and O–H groups in total. The van der Waals surface area contributed by atoms with Gasteiger partial charge in [0.05, 0.1) is 0 Å². The molecule has 7 nitrogen and oxygen atoms in total. The van der Waals surface area contributed by atoms with Crippen LogP contribution in [0, 0.1) is 12.3 Å². The third-order valence-electron chi connectivity index (χ3n) is 5.28. The Morgan fingerprint density at radius 1 is 1.28 bits per heavy atom. The van der Waals surface area contributed by atoms with Gasteiger partial charge < -0.3 is 15.6 Å². The summed E-state index contributed by atoms with van der Waals surface area (Å²) in [5.74, 6) is 0.475. The van der Waals surface area contributed by atoms with E-state index in [9.17, 15) is 9.59 Å². The number of nitrogens with one attached hydrogen (secondary N) is 3. The lowest BCUT2D eigenvalue weighted by molar-refractivity contribution is -0.121. The second kappa shape index (κ2) is 11.3. The van der Waals surface area contributed by atoms with E-state index in [4.69, 9.17) is 0 Å². The highest BCUT2D eigenvalue weighted by Crippen LogP contribution is 2.26. The maximum atomic E-state index is 12.4. The number of hydrogen-bond donors (Lipinski definition) is 3. The van der Waals surface area contributed by atoms with E-state index in [0.29, 0.717) is 30.0 Å². The fourth-order valence-corrected chi connectivity index (χ4v) is 3.39. The fourth-order valence-electron chi connectivity index (χ4n) is 3.39. The predicted octanol–water partition coefficient (Wildman–Crippen LogP) is 2.42. The molecule has 1 aliphatic rings. The predicted molar refractivity (Wildman–Crippen MR) is 119 cm³/mol. The molecule has 0 saturated carbocycles.